The van der Waals surface area contributed by atoms with E-state index in [1.165, 1.54) is 6.07 Å². The summed E-state index contributed by atoms with van der Waals surface area (Å²) in [6, 6.07) is 2.80. The van der Waals surface area contributed by atoms with Gasteiger partial charge in [-0.05, 0) is 24.5 Å². The van der Waals surface area contributed by atoms with E-state index in [0.29, 0.717) is 17.3 Å². The topological polar surface area (TPSA) is 80.4 Å². The Morgan fingerprint density at radius 3 is 2.62 bits per heavy atom. The number of rotatable bonds is 4. The molecule has 0 aromatic heterocycles. The molecule has 0 fully saturated rings. The van der Waals surface area contributed by atoms with Gasteiger partial charge in [-0.2, -0.15) is 0 Å². The van der Waals surface area contributed by atoms with Gasteiger partial charge in [0, 0.05) is 11.4 Å². The van der Waals surface area contributed by atoms with Crippen molar-refractivity contribution in [2.24, 2.45) is 0 Å². The van der Waals surface area contributed by atoms with E-state index in [0.717, 1.165) is 5.56 Å². The molecule has 0 unspecified atom stereocenters. The second kappa shape index (κ2) is 5.07. The maximum Gasteiger partial charge on any atom is 0.343 e. The zero-order valence-corrected chi connectivity index (χ0v) is 10.2. The number of benzene rings is 1. The van der Waals surface area contributed by atoms with E-state index in [-0.39, 0.29) is 11.3 Å². The third-order valence-corrected chi connectivity index (χ3v) is 2.68. The molecular weight excluding hydrogens is 278 g/mol. The summed E-state index contributed by atoms with van der Waals surface area (Å²) >= 11 is 3.20. The van der Waals surface area contributed by atoms with E-state index in [1.807, 2.05) is 0 Å². The first-order chi connectivity index (χ1) is 7.49. The van der Waals surface area contributed by atoms with Crippen molar-refractivity contribution in [3.63, 3.8) is 0 Å². The van der Waals surface area contributed by atoms with E-state index in [1.54, 1.807) is 13.0 Å². The molecule has 0 heterocycles. The van der Waals surface area contributed by atoms with Gasteiger partial charge in [-0.25, -0.2) is 4.79 Å². The Kier molecular flexibility index (Phi) is 4.00. The Bertz CT molecular complexity index is 445. The van der Waals surface area contributed by atoms with Crippen molar-refractivity contribution in [2.75, 3.05) is 5.33 Å². The number of carboxylic acid groups (broad SMARTS) is 1. The lowest BCUT2D eigenvalue weighted by molar-refractivity contribution is -0.385. The van der Waals surface area contributed by atoms with Crippen LogP contribution < -0.4 is 0 Å². The van der Waals surface area contributed by atoms with Crippen LogP contribution in [-0.4, -0.2) is 21.3 Å². The van der Waals surface area contributed by atoms with Crippen LogP contribution in [0.3, 0.4) is 0 Å². The second-order valence-corrected chi connectivity index (χ2v) is 4.05. The highest BCUT2D eigenvalue weighted by atomic mass is 79.9. The molecule has 0 aliphatic carbocycles. The number of alkyl halides is 1. The number of carboxylic acids is 1. The Labute approximate surface area is 100 Å². The van der Waals surface area contributed by atoms with Crippen LogP contribution in [0.25, 0.3) is 0 Å². The number of aryl methyl sites for hydroxylation is 1. The van der Waals surface area contributed by atoms with Crippen molar-refractivity contribution >= 4 is 27.6 Å². The minimum absolute atomic E-state index is 0.204. The quantitative estimate of drug-likeness (QED) is 0.524. The number of nitro groups is 1. The molecule has 1 aromatic carbocycles. The molecule has 0 saturated carbocycles. The van der Waals surface area contributed by atoms with E-state index in [4.69, 9.17) is 5.11 Å². The molecule has 6 heteroatoms. The average Bonchev–Trinajstić information content (AvgIpc) is 2.20. The Hall–Kier alpha value is -1.43. The van der Waals surface area contributed by atoms with Crippen molar-refractivity contribution in [1.29, 1.82) is 0 Å². The van der Waals surface area contributed by atoms with Gasteiger partial charge in [0.1, 0.15) is 5.56 Å². The van der Waals surface area contributed by atoms with Gasteiger partial charge >= 0.3 is 5.97 Å². The lowest BCUT2D eigenvalue weighted by atomic mass is 9.98. The molecule has 1 rings (SSSR count). The number of hydrogen-bond donors (Lipinski definition) is 1. The van der Waals surface area contributed by atoms with Crippen LogP contribution in [0.15, 0.2) is 12.1 Å². The van der Waals surface area contributed by atoms with Crippen LogP contribution in [0.2, 0.25) is 0 Å². The van der Waals surface area contributed by atoms with Crippen LogP contribution in [0.1, 0.15) is 21.5 Å². The summed E-state index contributed by atoms with van der Waals surface area (Å²) in [4.78, 5) is 21.1. The highest BCUT2D eigenvalue weighted by molar-refractivity contribution is 9.09. The highest BCUT2D eigenvalue weighted by Gasteiger charge is 2.24. The van der Waals surface area contributed by atoms with Gasteiger partial charge in [0.05, 0.1) is 4.92 Å². The van der Waals surface area contributed by atoms with E-state index in [2.05, 4.69) is 15.9 Å². The number of nitrogens with zero attached hydrogens (tertiary/aromatic N) is 1. The first-order valence-electron chi connectivity index (χ1n) is 4.55. The van der Waals surface area contributed by atoms with Crippen LogP contribution >= 0.6 is 15.9 Å². The molecule has 0 saturated heterocycles. The molecule has 1 N–H and O–H groups in total. The summed E-state index contributed by atoms with van der Waals surface area (Å²) in [5.74, 6) is -1.26. The molecule has 0 aliphatic rings. The van der Waals surface area contributed by atoms with Gasteiger partial charge < -0.3 is 5.11 Å². The van der Waals surface area contributed by atoms with Crippen molar-refractivity contribution < 1.29 is 14.8 Å². The summed E-state index contributed by atoms with van der Waals surface area (Å²) in [6.45, 7) is 1.74. The molecule has 0 amide bonds. The van der Waals surface area contributed by atoms with E-state index < -0.39 is 10.9 Å². The molecule has 0 spiro atoms. The SMILES string of the molecule is Cc1ccc([N+](=O)[O-])c(C(=O)O)c1CCBr. The summed E-state index contributed by atoms with van der Waals surface area (Å²) in [5, 5.41) is 20.3. The molecule has 0 radical (unpaired) electrons. The fourth-order valence-electron chi connectivity index (χ4n) is 1.55. The fraction of sp³-hybridized carbons (Fsp3) is 0.300. The molecule has 0 atom stereocenters. The third kappa shape index (κ3) is 2.38. The van der Waals surface area contributed by atoms with Crippen molar-refractivity contribution in [2.45, 2.75) is 13.3 Å². The van der Waals surface area contributed by atoms with Crippen molar-refractivity contribution in [3.8, 4) is 0 Å². The third-order valence-electron chi connectivity index (χ3n) is 2.28. The van der Waals surface area contributed by atoms with Gasteiger partial charge in [0.25, 0.3) is 5.69 Å². The van der Waals surface area contributed by atoms with Crippen molar-refractivity contribution in [1.82, 2.24) is 0 Å². The van der Waals surface area contributed by atoms with Gasteiger partial charge in [0.2, 0.25) is 0 Å². The van der Waals surface area contributed by atoms with Gasteiger partial charge in [-0.1, -0.05) is 22.0 Å². The molecule has 0 aliphatic heterocycles. The minimum Gasteiger partial charge on any atom is -0.477 e. The lowest BCUT2D eigenvalue weighted by Crippen LogP contribution is -2.09. The van der Waals surface area contributed by atoms with E-state index >= 15 is 0 Å². The number of aromatic carboxylic acids is 1. The molecule has 1 aromatic rings. The fourth-order valence-corrected chi connectivity index (χ4v) is 1.94. The zero-order chi connectivity index (χ0) is 12.3. The first-order valence-corrected chi connectivity index (χ1v) is 5.67. The molecule has 86 valence electrons. The van der Waals surface area contributed by atoms with Crippen LogP contribution in [0, 0.1) is 17.0 Å². The predicted molar refractivity (Wildman–Crippen MR) is 62.3 cm³/mol. The van der Waals surface area contributed by atoms with Crippen LogP contribution in [0.4, 0.5) is 5.69 Å². The maximum absolute atomic E-state index is 11.1. The molecule has 16 heavy (non-hydrogen) atoms. The van der Waals surface area contributed by atoms with Crippen LogP contribution in [0.5, 0.6) is 0 Å². The largest absolute Gasteiger partial charge is 0.477 e. The van der Waals surface area contributed by atoms with Gasteiger partial charge in [0.15, 0.2) is 0 Å². The zero-order valence-electron chi connectivity index (χ0n) is 8.57. The minimum atomic E-state index is -1.26. The maximum atomic E-state index is 11.1. The van der Waals surface area contributed by atoms with E-state index in [9.17, 15) is 14.9 Å². The second-order valence-electron chi connectivity index (χ2n) is 3.26. The summed E-state index contributed by atoms with van der Waals surface area (Å²) in [7, 11) is 0. The predicted octanol–water partition coefficient (Wildman–Crippen LogP) is 2.54. The number of halogens is 1. The lowest BCUT2D eigenvalue weighted by Gasteiger charge is -2.08. The standard InChI is InChI=1S/C10H10BrNO4/c1-6-2-3-8(12(15)16)9(10(13)14)7(6)4-5-11/h2-3H,4-5H2,1H3,(H,13,14). The molecular formula is C10H10BrNO4. The normalized spacial score (nSPS) is 10.1. The Balaban J connectivity index is 3.49. The summed E-state index contributed by atoms with van der Waals surface area (Å²) < 4.78 is 0. The monoisotopic (exact) mass is 287 g/mol. The smallest absolute Gasteiger partial charge is 0.343 e. The average molecular weight is 288 g/mol. The van der Waals surface area contributed by atoms with Crippen molar-refractivity contribution in [3.05, 3.63) is 38.9 Å². The van der Waals surface area contributed by atoms with Gasteiger partial charge in [-0.3, -0.25) is 10.1 Å². The Morgan fingerprint density at radius 1 is 1.56 bits per heavy atom. The summed E-state index contributed by atoms with van der Waals surface area (Å²) in [5.41, 5.74) is 0.708. The Morgan fingerprint density at radius 2 is 2.19 bits per heavy atom. The highest BCUT2D eigenvalue weighted by Crippen LogP contribution is 2.26. The summed E-state index contributed by atoms with van der Waals surface area (Å²) in [6.07, 6.45) is 0.454. The number of nitro benzene ring substituents is 1. The first kappa shape index (κ1) is 12.6. The van der Waals surface area contributed by atoms with Gasteiger partial charge in [-0.15, -0.1) is 0 Å². The molecule has 5 nitrogen and oxygen atoms in total. The van der Waals surface area contributed by atoms with Crippen LogP contribution in [-0.2, 0) is 6.42 Å². The number of hydrogen-bond acceptors (Lipinski definition) is 3. The number of carbonyl (C=O) groups is 1. The molecule has 0 bridgehead atoms.